The van der Waals surface area contributed by atoms with Crippen LogP contribution in [0, 0.1) is 6.92 Å². The molecule has 0 aliphatic carbocycles. The van der Waals surface area contributed by atoms with E-state index in [-0.39, 0.29) is 23.6 Å². The molecule has 3 heterocycles. The van der Waals surface area contributed by atoms with Gasteiger partial charge >= 0.3 is 0 Å². The molecule has 1 aromatic heterocycles. The van der Waals surface area contributed by atoms with Crippen molar-refractivity contribution in [1.29, 1.82) is 0 Å². The highest BCUT2D eigenvalue weighted by Crippen LogP contribution is 2.32. The molecular weight excluding hydrogens is 314 g/mol. The molecule has 3 rings (SSSR count). The molecule has 0 bridgehead atoms. The highest BCUT2D eigenvalue weighted by atomic mass is 32.2. The Labute approximate surface area is 140 Å². The Kier molecular flexibility index (Phi) is 5.06. The average molecular weight is 337 g/mol. The third-order valence-electron chi connectivity index (χ3n) is 4.48. The van der Waals surface area contributed by atoms with E-state index in [1.54, 1.807) is 16.3 Å². The molecule has 126 valence electrons. The van der Waals surface area contributed by atoms with E-state index in [4.69, 9.17) is 4.74 Å². The Morgan fingerprint density at radius 1 is 1.52 bits per heavy atom. The summed E-state index contributed by atoms with van der Waals surface area (Å²) >= 11 is 1.56. The van der Waals surface area contributed by atoms with Gasteiger partial charge in [0.25, 0.3) is 5.56 Å². The lowest BCUT2D eigenvalue weighted by Gasteiger charge is -2.16. The summed E-state index contributed by atoms with van der Waals surface area (Å²) in [5.41, 5.74) is 1.57. The number of carbonyl (C=O) groups is 1. The Bertz CT molecular complexity index is 653. The second-order valence-corrected chi connectivity index (χ2v) is 7.08. The maximum Gasteiger partial charge on any atom is 0.257 e. The van der Waals surface area contributed by atoms with E-state index in [2.05, 4.69) is 10.3 Å². The molecule has 0 aromatic carbocycles. The molecule has 1 amide bonds. The number of aryl methyl sites for hydroxylation is 1. The van der Waals surface area contributed by atoms with Gasteiger partial charge in [-0.1, -0.05) is 18.7 Å². The van der Waals surface area contributed by atoms with Gasteiger partial charge < -0.3 is 10.1 Å². The van der Waals surface area contributed by atoms with Crippen molar-refractivity contribution in [1.82, 2.24) is 14.9 Å². The number of hydrogen-bond acceptors (Lipinski definition) is 5. The molecule has 1 N–H and O–H groups in total. The molecule has 2 atom stereocenters. The second-order valence-electron chi connectivity index (χ2n) is 6.10. The van der Waals surface area contributed by atoms with Gasteiger partial charge in [-0.15, -0.1) is 0 Å². The number of fused-ring (bicyclic) bond motifs is 1. The topological polar surface area (TPSA) is 73.2 Å². The number of nitrogens with zero attached hydrogens (tertiary/aromatic N) is 2. The van der Waals surface area contributed by atoms with Gasteiger partial charge in [0.1, 0.15) is 0 Å². The zero-order valence-corrected chi connectivity index (χ0v) is 14.4. The van der Waals surface area contributed by atoms with Gasteiger partial charge in [0, 0.05) is 36.6 Å². The van der Waals surface area contributed by atoms with E-state index in [9.17, 15) is 9.59 Å². The molecule has 2 unspecified atom stereocenters. The number of aromatic nitrogens is 2. The Balaban J connectivity index is 1.67. The van der Waals surface area contributed by atoms with Crippen LogP contribution in [0.4, 0.5) is 0 Å². The molecule has 2 aliphatic rings. The van der Waals surface area contributed by atoms with Crippen molar-refractivity contribution < 1.29 is 9.53 Å². The van der Waals surface area contributed by atoms with Crippen LogP contribution >= 0.6 is 11.8 Å². The van der Waals surface area contributed by atoms with Gasteiger partial charge in [0.2, 0.25) is 5.91 Å². The standard InChI is InChI=1S/C16H23N3O3S/c1-3-13-10(2)18-16-19(15(13)21)11(9-23-16)7-14(20)17-8-12-5-4-6-22-12/h11-12H,3-9H2,1-2H3,(H,17,20). The first-order chi connectivity index (χ1) is 11.1. The van der Waals surface area contributed by atoms with Crippen LogP contribution in [0.5, 0.6) is 0 Å². The van der Waals surface area contributed by atoms with Gasteiger partial charge in [0.05, 0.1) is 12.1 Å². The zero-order valence-electron chi connectivity index (χ0n) is 13.6. The first-order valence-electron chi connectivity index (χ1n) is 8.23. The predicted molar refractivity (Wildman–Crippen MR) is 89.0 cm³/mol. The fourth-order valence-corrected chi connectivity index (χ4v) is 4.38. The molecule has 0 radical (unpaired) electrons. The number of carbonyl (C=O) groups excluding carboxylic acids is 1. The fourth-order valence-electron chi connectivity index (χ4n) is 3.20. The maximum absolute atomic E-state index is 12.6. The van der Waals surface area contributed by atoms with Crippen LogP contribution in [-0.4, -0.2) is 40.5 Å². The molecule has 23 heavy (non-hydrogen) atoms. The van der Waals surface area contributed by atoms with Crippen LogP contribution in [0.1, 0.15) is 43.5 Å². The molecule has 2 aliphatic heterocycles. The lowest BCUT2D eigenvalue weighted by Crippen LogP contribution is -2.35. The summed E-state index contributed by atoms with van der Waals surface area (Å²) in [6, 6.07) is -0.106. The lowest BCUT2D eigenvalue weighted by atomic mass is 10.1. The van der Waals surface area contributed by atoms with Crippen LogP contribution < -0.4 is 10.9 Å². The minimum atomic E-state index is -0.106. The second kappa shape index (κ2) is 7.05. The molecule has 6 nitrogen and oxygen atoms in total. The smallest absolute Gasteiger partial charge is 0.257 e. The summed E-state index contributed by atoms with van der Waals surface area (Å²) in [6.45, 7) is 5.19. The van der Waals surface area contributed by atoms with E-state index in [1.807, 2.05) is 13.8 Å². The number of rotatable bonds is 5. The van der Waals surface area contributed by atoms with Crippen LogP contribution in [0.25, 0.3) is 0 Å². The van der Waals surface area contributed by atoms with Crippen molar-refractivity contribution in [3.8, 4) is 0 Å². The third kappa shape index (κ3) is 3.45. The lowest BCUT2D eigenvalue weighted by molar-refractivity contribution is -0.122. The summed E-state index contributed by atoms with van der Waals surface area (Å²) in [7, 11) is 0. The first-order valence-corrected chi connectivity index (χ1v) is 9.21. The molecule has 0 saturated carbocycles. The maximum atomic E-state index is 12.6. The Hall–Kier alpha value is -1.34. The Morgan fingerprint density at radius 2 is 2.35 bits per heavy atom. The van der Waals surface area contributed by atoms with Gasteiger partial charge in [-0.2, -0.15) is 0 Å². The van der Waals surface area contributed by atoms with Crippen molar-refractivity contribution in [2.45, 2.75) is 56.8 Å². The summed E-state index contributed by atoms with van der Waals surface area (Å²) in [6.07, 6.45) is 3.20. The van der Waals surface area contributed by atoms with Crippen LogP contribution in [0.15, 0.2) is 9.95 Å². The normalized spacial score (nSPS) is 23.0. The summed E-state index contributed by atoms with van der Waals surface area (Å²) in [4.78, 5) is 29.3. The molecule has 0 spiro atoms. The largest absolute Gasteiger partial charge is 0.376 e. The predicted octanol–water partition coefficient (Wildman–Crippen LogP) is 1.45. The van der Waals surface area contributed by atoms with Gasteiger partial charge in [-0.25, -0.2) is 4.98 Å². The number of hydrogen-bond donors (Lipinski definition) is 1. The summed E-state index contributed by atoms with van der Waals surface area (Å²) in [5.74, 6) is 0.701. The van der Waals surface area contributed by atoms with E-state index in [0.717, 1.165) is 41.6 Å². The van der Waals surface area contributed by atoms with E-state index in [1.165, 1.54) is 0 Å². The molecular formula is C16H23N3O3S. The molecule has 1 fully saturated rings. The van der Waals surface area contributed by atoms with Crippen molar-refractivity contribution >= 4 is 17.7 Å². The number of amides is 1. The highest BCUT2D eigenvalue weighted by Gasteiger charge is 2.29. The summed E-state index contributed by atoms with van der Waals surface area (Å²) < 4.78 is 7.22. The minimum absolute atomic E-state index is 0.0110. The monoisotopic (exact) mass is 337 g/mol. The van der Waals surface area contributed by atoms with E-state index >= 15 is 0 Å². The first kappa shape index (κ1) is 16.5. The summed E-state index contributed by atoms with van der Waals surface area (Å²) in [5, 5.41) is 3.67. The number of thioether (sulfide) groups is 1. The SMILES string of the molecule is CCc1c(C)nc2n(c1=O)C(CC(=O)NCC1CCCO1)CS2. The molecule has 1 saturated heterocycles. The van der Waals surface area contributed by atoms with E-state index < -0.39 is 0 Å². The van der Waals surface area contributed by atoms with Gasteiger partial charge in [-0.05, 0) is 26.2 Å². The van der Waals surface area contributed by atoms with Crippen molar-refractivity contribution in [3.63, 3.8) is 0 Å². The van der Waals surface area contributed by atoms with Crippen molar-refractivity contribution in [2.24, 2.45) is 0 Å². The van der Waals surface area contributed by atoms with Crippen molar-refractivity contribution in [2.75, 3.05) is 18.9 Å². The van der Waals surface area contributed by atoms with Gasteiger partial charge in [-0.3, -0.25) is 14.2 Å². The Morgan fingerprint density at radius 3 is 3.04 bits per heavy atom. The van der Waals surface area contributed by atoms with E-state index in [0.29, 0.717) is 19.4 Å². The quantitative estimate of drug-likeness (QED) is 0.823. The zero-order chi connectivity index (χ0) is 16.4. The van der Waals surface area contributed by atoms with Crippen LogP contribution in [-0.2, 0) is 16.0 Å². The third-order valence-corrected chi connectivity index (χ3v) is 5.58. The number of nitrogens with one attached hydrogen (secondary N) is 1. The van der Waals surface area contributed by atoms with Gasteiger partial charge in [0.15, 0.2) is 5.16 Å². The minimum Gasteiger partial charge on any atom is -0.376 e. The average Bonchev–Trinajstić information content (AvgIpc) is 3.15. The fraction of sp³-hybridized carbons (Fsp3) is 0.688. The molecule has 1 aromatic rings. The highest BCUT2D eigenvalue weighted by molar-refractivity contribution is 7.99. The number of ether oxygens (including phenoxy) is 1. The van der Waals surface area contributed by atoms with Crippen molar-refractivity contribution in [3.05, 3.63) is 21.6 Å². The van der Waals surface area contributed by atoms with Crippen LogP contribution in [0.2, 0.25) is 0 Å². The molecule has 7 heteroatoms. The van der Waals surface area contributed by atoms with Crippen LogP contribution in [0.3, 0.4) is 0 Å².